The van der Waals surface area contributed by atoms with Crippen LogP contribution in [0.4, 0.5) is 0 Å². The van der Waals surface area contributed by atoms with Gasteiger partial charge in [0.15, 0.2) is 6.61 Å². The number of para-hydroxylation sites is 1. The molecule has 0 amide bonds. The number of hydrogen-bond acceptors (Lipinski definition) is 8. The van der Waals surface area contributed by atoms with Crippen LogP contribution in [0.15, 0.2) is 52.1 Å². The van der Waals surface area contributed by atoms with E-state index in [0.29, 0.717) is 34.7 Å². The van der Waals surface area contributed by atoms with Crippen molar-refractivity contribution >= 4 is 28.6 Å². The molecule has 4 aromatic rings. The van der Waals surface area contributed by atoms with Crippen molar-refractivity contribution in [2.75, 3.05) is 6.61 Å². The minimum absolute atomic E-state index is 0.180. The predicted octanol–water partition coefficient (Wildman–Crippen LogP) is 5.59. The number of hydrogen-bond donors (Lipinski definition) is 0. The van der Waals surface area contributed by atoms with Crippen LogP contribution in [0.5, 0.6) is 5.75 Å². The minimum atomic E-state index is -0.378. The van der Waals surface area contributed by atoms with Crippen LogP contribution in [0.25, 0.3) is 10.9 Å². The summed E-state index contributed by atoms with van der Waals surface area (Å²) < 4.78 is 16.9. The van der Waals surface area contributed by atoms with Crippen LogP contribution < -0.4 is 4.74 Å². The van der Waals surface area contributed by atoms with Crippen LogP contribution in [0.3, 0.4) is 0 Å². The number of nitrogens with zero attached hydrogens (tertiary/aromatic N) is 3. The Morgan fingerprint density at radius 2 is 1.91 bits per heavy atom. The summed E-state index contributed by atoms with van der Waals surface area (Å²) in [6, 6.07) is 13.8. The zero-order valence-electron chi connectivity index (χ0n) is 19.0. The fourth-order valence-electron chi connectivity index (χ4n) is 3.51. The van der Waals surface area contributed by atoms with Crippen molar-refractivity contribution in [2.45, 2.75) is 45.3 Å². The van der Waals surface area contributed by atoms with Crippen LogP contribution in [-0.4, -0.2) is 27.8 Å². The van der Waals surface area contributed by atoms with Gasteiger partial charge in [0.2, 0.25) is 0 Å². The van der Waals surface area contributed by atoms with Gasteiger partial charge in [-0.05, 0) is 56.5 Å². The van der Waals surface area contributed by atoms with Crippen molar-refractivity contribution in [3.05, 3.63) is 76.3 Å². The number of esters is 1. The zero-order chi connectivity index (χ0) is 23.4. The molecule has 2 aromatic heterocycles. The minimum Gasteiger partial charge on any atom is -0.484 e. The number of aryl methyl sites for hydroxylation is 3. The quantitative estimate of drug-likeness (QED) is 0.247. The van der Waals surface area contributed by atoms with E-state index in [1.807, 2.05) is 63.2 Å². The van der Waals surface area contributed by atoms with Crippen LogP contribution in [0, 0.1) is 20.8 Å². The van der Waals surface area contributed by atoms with E-state index >= 15 is 0 Å². The Balaban J connectivity index is 1.50. The van der Waals surface area contributed by atoms with Crippen molar-refractivity contribution in [1.82, 2.24) is 15.2 Å². The molecule has 2 aromatic carbocycles. The molecule has 0 aliphatic rings. The molecule has 0 bridgehead atoms. The van der Waals surface area contributed by atoms with Crippen LogP contribution in [0.1, 0.15) is 45.6 Å². The van der Waals surface area contributed by atoms with Crippen molar-refractivity contribution in [3.63, 3.8) is 0 Å². The SMILES string of the molecule is CCOC(=O)c1c(CSc2nnc(COc3cc(C)ccc3C)o2)nc2ccccc2c1C. The van der Waals surface area contributed by atoms with Gasteiger partial charge in [0, 0.05) is 11.1 Å². The molecule has 0 radical (unpaired) electrons. The maximum atomic E-state index is 12.7. The Kier molecular flexibility index (Phi) is 6.93. The Morgan fingerprint density at radius 1 is 1.09 bits per heavy atom. The lowest BCUT2D eigenvalue weighted by Crippen LogP contribution is -2.12. The number of fused-ring (bicyclic) bond motifs is 1. The summed E-state index contributed by atoms with van der Waals surface area (Å²) in [6.07, 6.45) is 0. The molecule has 0 aliphatic carbocycles. The number of pyridine rings is 1. The Labute approximate surface area is 196 Å². The third kappa shape index (κ3) is 5.17. The molecule has 0 atom stereocenters. The van der Waals surface area contributed by atoms with Gasteiger partial charge in [-0.25, -0.2) is 4.79 Å². The van der Waals surface area contributed by atoms with E-state index in [0.717, 1.165) is 33.3 Å². The van der Waals surface area contributed by atoms with Gasteiger partial charge < -0.3 is 13.9 Å². The smallest absolute Gasteiger partial charge is 0.340 e. The third-order valence-electron chi connectivity index (χ3n) is 5.18. The zero-order valence-corrected chi connectivity index (χ0v) is 19.9. The highest BCUT2D eigenvalue weighted by Gasteiger charge is 2.21. The fraction of sp³-hybridized carbons (Fsp3) is 0.280. The highest BCUT2D eigenvalue weighted by Crippen LogP contribution is 2.29. The molecule has 0 aliphatic heterocycles. The lowest BCUT2D eigenvalue weighted by molar-refractivity contribution is 0.0524. The monoisotopic (exact) mass is 463 g/mol. The molecule has 0 saturated carbocycles. The second kappa shape index (κ2) is 10.0. The van der Waals surface area contributed by atoms with Crippen molar-refractivity contribution in [3.8, 4) is 5.75 Å². The van der Waals surface area contributed by atoms with E-state index in [2.05, 4.69) is 10.2 Å². The Hall–Kier alpha value is -3.39. The summed E-state index contributed by atoms with van der Waals surface area (Å²) in [6.45, 7) is 8.19. The molecular formula is C25H25N3O4S. The fourth-order valence-corrected chi connectivity index (χ4v) is 4.23. The molecule has 0 N–H and O–H groups in total. The lowest BCUT2D eigenvalue weighted by Gasteiger charge is -2.13. The molecule has 8 heteroatoms. The first kappa shape index (κ1) is 22.8. The number of carbonyl (C=O) groups excluding carboxylic acids is 1. The molecule has 0 spiro atoms. The van der Waals surface area contributed by atoms with Gasteiger partial charge in [-0.3, -0.25) is 4.98 Å². The first-order valence-electron chi connectivity index (χ1n) is 10.7. The number of ether oxygens (including phenoxy) is 2. The number of benzene rings is 2. The highest BCUT2D eigenvalue weighted by molar-refractivity contribution is 7.98. The molecule has 7 nitrogen and oxygen atoms in total. The Morgan fingerprint density at radius 3 is 2.73 bits per heavy atom. The van der Waals surface area contributed by atoms with Crippen LogP contribution in [-0.2, 0) is 17.1 Å². The van der Waals surface area contributed by atoms with Gasteiger partial charge in [-0.15, -0.1) is 10.2 Å². The number of thioether (sulfide) groups is 1. The number of carbonyl (C=O) groups is 1. The topological polar surface area (TPSA) is 87.3 Å². The van der Waals surface area contributed by atoms with E-state index in [1.54, 1.807) is 6.92 Å². The first-order chi connectivity index (χ1) is 16.0. The van der Waals surface area contributed by atoms with Gasteiger partial charge in [0.1, 0.15) is 5.75 Å². The van der Waals surface area contributed by atoms with Crippen LogP contribution >= 0.6 is 11.8 Å². The second-order valence-electron chi connectivity index (χ2n) is 7.60. The summed E-state index contributed by atoms with van der Waals surface area (Å²) >= 11 is 1.32. The lowest BCUT2D eigenvalue weighted by atomic mass is 10.0. The Bertz CT molecular complexity index is 1300. The predicted molar refractivity (Wildman–Crippen MR) is 127 cm³/mol. The van der Waals surface area contributed by atoms with E-state index < -0.39 is 0 Å². The molecule has 0 saturated heterocycles. The molecular weight excluding hydrogens is 438 g/mol. The van der Waals surface area contributed by atoms with E-state index in [4.69, 9.17) is 18.9 Å². The third-order valence-corrected chi connectivity index (χ3v) is 6.01. The molecule has 33 heavy (non-hydrogen) atoms. The van der Waals surface area contributed by atoms with Gasteiger partial charge in [0.05, 0.1) is 23.4 Å². The summed E-state index contributed by atoms with van der Waals surface area (Å²) in [4.78, 5) is 17.4. The van der Waals surface area contributed by atoms with Gasteiger partial charge in [-0.1, -0.05) is 42.1 Å². The standard InChI is InChI=1S/C25H25N3O4S/c1-5-30-24(29)23-17(4)18-8-6-7-9-19(18)26-20(23)14-33-25-28-27-22(32-25)13-31-21-12-15(2)10-11-16(21)3/h6-12H,5,13-14H2,1-4H3. The molecule has 0 unspecified atom stereocenters. The van der Waals surface area contributed by atoms with Gasteiger partial charge in [0.25, 0.3) is 11.1 Å². The van der Waals surface area contributed by atoms with Crippen molar-refractivity contribution in [1.29, 1.82) is 0 Å². The maximum Gasteiger partial charge on any atom is 0.340 e. The molecule has 170 valence electrons. The molecule has 2 heterocycles. The van der Waals surface area contributed by atoms with E-state index in [9.17, 15) is 4.79 Å². The van der Waals surface area contributed by atoms with Crippen molar-refractivity contribution in [2.24, 2.45) is 0 Å². The van der Waals surface area contributed by atoms with E-state index in [-0.39, 0.29) is 12.6 Å². The normalized spacial score (nSPS) is 11.0. The highest BCUT2D eigenvalue weighted by atomic mass is 32.2. The van der Waals surface area contributed by atoms with Gasteiger partial charge in [-0.2, -0.15) is 0 Å². The number of rotatable bonds is 8. The van der Waals surface area contributed by atoms with E-state index in [1.165, 1.54) is 11.8 Å². The van der Waals surface area contributed by atoms with Crippen LogP contribution in [0.2, 0.25) is 0 Å². The average Bonchev–Trinajstić information content (AvgIpc) is 3.26. The average molecular weight is 464 g/mol. The maximum absolute atomic E-state index is 12.7. The van der Waals surface area contributed by atoms with Crippen molar-refractivity contribution < 1.29 is 18.7 Å². The molecule has 0 fully saturated rings. The largest absolute Gasteiger partial charge is 0.484 e. The second-order valence-corrected chi connectivity index (χ2v) is 8.53. The van der Waals surface area contributed by atoms with Gasteiger partial charge >= 0.3 is 5.97 Å². The molecule has 4 rings (SSSR count). The summed E-state index contributed by atoms with van der Waals surface area (Å²) in [5, 5.41) is 9.49. The summed E-state index contributed by atoms with van der Waals surface area (Å²) in [5.74, 6) is 1.18. The number of aromatic nitrogens is 3. The first-order valence-corrected chi connectivity index (χ1v) is 11.7. The summed E-state index contributed by atoms with van der Waals surface area (Å²) in [5.41, 5.74) is 4.95. The summed E-state index contributed by atoms with van der Waals surface area (Å²) in [7, 11) is 0.